The van der Waals surface area contributed by atoms with Crippen LogP contribution < -0.4 is 19.5 Å². The van der Waals surface area contributed by atoms with E-state index in [1.54, 1.807) is 48.5 Å². The third-order valence-corrected chi connectivity index (χ3v) is 8.76. The standard InChI is InChI=1S/C45H49N6O6/c52-43(55-40-27-23-38(24-28-40)48-46-36-18-10-7-11-19-36)32-31-42(45(54)56-41-29-25-39(26-30-41)49-47-37-20-12-8-13-21-37)50-57-44(53)22-14-5-3-1-2-4-6-15-33-51-34-16-9-17-35-51/h7-13,16-21,23-30,34-35,42,50H,1-6,14-15,22,31-33H2/q+1/t42-/m1/s1. The number of hydrogen-bond donors (Lipinski definition) is 1. The summed E-state index contributed by atoms with van der Waals surface area (Å²) in [7, 11) is 0. The molecule has 5 aromatic rings. The van der Waals surface area contributed by atoms with Gasteiger partial charge in [-0.1, -0.05) is 74.6 Å². The second kappa shape index (κ2) is 24.2. The Morgan fingerprint density at radius 3 is 1.49 bits per heavy atom. The van der Waals surface area contributed by atoms with Crippen LogP contribution in [0.4, 0.5) is 22.7 Å². The number of esters is 2. The Balaban J connectivity index is 1.06. The number of azo groups is 2. The molecule has 5 rings (SSSR count). The predicted octanol–water partition coefficient (Wildman–Crippen LogP) is 10.7. The van der Waals surface area contributed by atoms with E-state index in [9.17, 15) is 14.4 Å². The number of aryl methyl sites for hydroxylation is 1. The molecule has 0 spiro atoms. The number of benzene rings is 4. The molecular weight excluding hydrogens is 721 g/mol. The van der Waals surface area contributed by atoms with E-state index in [0.717, 1.165) is 32.2 Å². The number of aromatic nitrogens is 1. The van der Waals surface area contributed by atoms with Crippen LogP contribution in [-0.2, 0) is 25.8 Å². The number of rotatable bonds is 23. The van der Waals surface area contributed by atoms with Gasteiger partial charge in [0.25, 0.3) is 0 Å². The molecule has 12 nitrogen and oxygen atoms in total. The summed E-state index contributed by atoms with van der Waals surface area (Å²) in [6.07, 6.45) is 12.6. The normalized spacial score (nSPS) is 11.7. The van der Waals surface area contributed by atoms with Gasteiger partial charge in [0.05, 0.1) is 22.7 Å². The fourth-order valence-corrected chi connectivity index (χ4v) is 5.63. The van der Waals surface area contributed by atoms with E-state index in [-0.39, 0.29) is 25.0 Å². The number of hydrogen-bond acceptors (Lipinski definition) is 11. The van der Waals surface area contributed by atoms with Crippen LogP contribution in [-0.4, -0.2) is 23.9 Å². The number of nitrogens with one attached hydrogen (secondary N) is 1. The summed E-state index contributed by atoms with van der Waals surface area (Å²) in [6.45, 7) is 1.04. The molecule has 0 radical (unpaired) electrons. The molecule has 57 heavy (non-hydrogen) atoms. The third kappa shape index (κ3) is 16.5. The molecule has 0 unspecified atom stereocenters. The van der Waals surface area contributed by atoms with Gasteiger partial charge in [0.1, 0.15) is 24.1 Å². The molecule has 0 amide bonds. The third-order valence-electron chi connectivity index (χ3n) is 8.76. The average molecular weight is 770 g/mol. The van der Waals surface area contributed by atoms with E-state index < -0.39 is 23.9 Å². The van der Waals surface area contributed by atoms with Gasteiger partial charge in [0.15, 0.2) is 12.4 Å². The minimum atomic E-state index is -1.14. The molecule has 294 valence electrons. The number of unbranched alkanes of at least 4 members (excludes halogenated alkanes) is 7. The van der Waals surface area contributed by atoms with Gasteiger partial charge in [-0.2, -0.15) is 20.5 Å². The van der Waals surface area contributed by atoms with Crippen molar-refractivity contribution >= 4 is 40.7 Å². The highest BCUT2D eigenvalue weighted by Crippen LogP contribution is 2.23. The molecule has 1 aromatic heterocycles. The Kier molecular flexibility index (Phi) is 17.7. The maximum atomic E-state index is 13.3. The smallest absolute Gasteiger partial charge is 0.331 e. The maximum Gasteiger partial charge on any atom is 0.331 e. The molecule has 1 atom stereocenters. The van der Waals surface area contributed by atoms with Crippen molar-refractivity contribution in [3.8, 4) is 11.5 Å². The first kappa shape index (κ1) is 41.8. The molecule has 4 aromatic carbocycles. The zero-order valence-corrected chi connectivity index (χ0v) is 32.0. The van der Waals surface area contributed by atoms with Gasteiger partial charge >= 0.3 is 17.9 Å². The summed E-state index contributed by atoms with van der Waals surface area (Å²) in [6, 6.07) is 36.7. The Bertz CT molecular complexity index is 1990. The van der Waals surface area contributed by atoms with E-state index in [1.807, 2.05) is 78.9 Å². The van der Waals surface area contributed by atoms with E-state index in [4.69, 9.17) is 14.3 Å². The van der Waals surface area contributed by atoms with Crippen molar-refractivity contribution in [2.75, 3.05) is 0 Å². The Morgan fingerprint density at radius 2 is 0.947 bits per heavy atom. The van der Waals surface area contributed by atoms with Crippen molar-refractivity contribution in [2.24, 2.45) is 20.5 Å². The number of carbonyl (C=O) groups is 3. The van der Waals surface area contributed by atoms with E-state index in [1.165, 1.54) is 19.3 Å². The van der Waals surface area contributed by atoms with Crippen molar-refractivity contribution in [3.63, 3.8) is 0 Å². The van der Waals surface area contributed by atoms with Gasteiger partial charge in [-0.15, -0.1) is 5.48 Å². The second-order valence-electron chi connectivity index (χ2n) is 13.3. The molecule has 0 aliphatic carbocycles. The second-order valence-corrected chi connectivity index (χ2v) is 13.3. The van der Waals surface area contributed by atoms with Gasteiger partial charge in [-0.3, -0.25) is 9.59 Å². The number of nitrogens with zero attached hydrogens (tertiary/aromatic N) is 5. The van der Waals surface area contributed by atoms with Crippen LogP contribution in [0.2, 0.25) is 0 Å². The predicted molar refractivity (Wildman–Crippen MR) is 216 cm³/mol. The first-order chi connectivity index (χ1) is 28.0. The fourth-order valence-electron chi connectivity index (χ4n) is 5.63. The number of ether oxygens (including phenoxy) is 2. The largest absolute Gasteiger partial charge is 0.427 e. The van der Waals surface area contributed by atoms with E-state index in [0.29, 0.717) is 34.9 Å². The van der Waals surface area contributed by atoms with Crippen molar-refractivity contribution in [2.45, 2.75) is 83.2 Å². The number of pyridine rings is 1. The molecule has 0 aliphatic rings. The highest BCUT2D eigenvalue weighted by atomic mass is 16.7. The first-order valence-electron chi connectivity index (χ1n) is 19.5. The summed E-state index contributed by atoms with van der Waals surface area (Å²) in [5.74, 6) is -1.25. The molecule has 1 N–H and O–H groups in total. The van der Waals surface area contributed by atoms with Crippen LogP contribution in [0.1, 0.15) is 70.6 Å². The topological polar surface area (TPSA) is 144 Å². The number of hydroxylamine groups is 1. The molecule has 0 saturated heterocycles. The molecule has 1 heterocycles. The highest BCUT2D eigenvalue weighted by molar-refractivity contribution is 5.80. The zero-order valence-electron chi connectivity index (χ0n) is 32.0. The van der Waals surface area contributed by atoms with Gasteiger partial charge in [-0.05, 0) is 92.1 Å². The first-order valence-corrected chi connectivity index (χ1v) is 19.5. The van der Waals surface area contributed by atoms with Crippen molar-refractivity contribution in [1.82, 2.24) is 5.48 Å². The Morgan fingerprint density at radius 1 is 0.491 bits per heavy atom. The SMILES string of the molecule is O=C(CCCCCCCCCC[n+]1ccccc1)ON[C@H](CCC(=O)Oc1ccc(N=Nc2ccccc2)cc1)C(=O)Oc1ccc(N=Nc2ccccc2)cc1. The molecule has 0 aliphatic heterocycles. The van der Waals surface area contributed by atoms with Gasteiger partial charge in [-0.25, -0.2) is 9.36 Å². The lowest BCUT2D eigenvalue weighted by Gasteiger charge is -2.17. The minimum Gasteiger partial charge on any atom is -0.427 e. The molecule has 0 fully saturated rings. The van der Waals surface area contributed by atoms with E-state index in [2.05, 4.69) is 42.9 Å². The summed E-state index contributed by atoms with van der Waals surface area (Å²) >= 11 is 0. The zero-order chi connectivity index (χ0) is 39.8. The Hall–Kier alpha value is -6.40. The monoisotopic (exact) mass is 769 g/mol. The van der Waals surface area contributed by atoms with Crippen LogP contribution in [0.5, 0.6) is 11.5 Å². The molecular formula is C45H49N6O6+. The average Bonchev–Trinajstić information content (AvgIpc) is 3.25. The van der Waals surface area contributed by atoms with Crippen LogP contribution in [0.15, 0.2) is 160 Å². The summed E-state index contributed by atoms with van der Waals surface area (Å²) < 4.78 is 13.3. The van der Waals surface area contributed by atoms with Crippen molar-refractivity contribution < 1.29 is 33.3 Å². The van der Waals surface area contributed by atoms with Crippen molar-refractivity contribution in [1.29, 1.82) is 0 Å². The summed E-state index contributed by atoms with van der Waals surface area (Å²) in [5, 5.41) is 16.8. The van der Waals surface area contributed by atoms with Gasteiger partial charge in [0.2, 0.25) is 0 Å². The van der Waals surface area contributed by atoms with Crippen LogP contribution in [0, 0.1) is 0 Å². The molecule has 0 bridgehead atoms. The Labute approximate surface area is 333 Å². The van der Waals surface area contributed by atoms with Crippen molar-refractivity contribution in [3.05, 3.63) is 140 Å². The molecule has 12 heteroatoms. The van der Waals surface area contributed by atoms with Crippen LogP contribution in [0.25, 0.3) is 0 Å². The van der Waals surface area contributed by atoms with E-state index >= 15 is 0 Å². The lowest BCUT2D eigenvalue weighted by atomic mass is 10.1. The highest BCUT2D eigenvalue weighted by Gasteiger charge is 2.24. The fraction of sp³-hybridized carbons (Fsp3) is 0.289. The minimum absolute atomic E-state index is 0.0538. The summed E-state index contributed by atoms with van der Waals surface area (Å²) in [5.41, 5.74) is 5.12. The van der Waals surface area contributed by atoms with Gasteiger partial charge in [0, 0.05) is 31.4 Å². The van der Waals surface area contributed by atoms with Crippen LogP contribution in [0.3, 0.4) is 0 Å². The maximum absolute atomic E-state index is 13.3. The quantitative estimate of drug-likeness (QED) is 0.0174. The number of carbonyl (C=O) groups excluding carboxylic acids is 3. The molecule has 0 saturated carbocycles. The summed E-state index contributed by atoms with van der Waals surface area (Å²) in [4.78, 5) is 44.0. The van der Waals surface area contributed by atoms with Gasteiger partial charge < -0.3 is 14.3 Å². The lowest BCUT2D eigenvalue weighted by molar-refractivity contribution is -0.697. The lowest BCUT2D eigenvalue weighted by Crippen LogP contribution is -2.41. The van der Waals surface area contributed by atoms with Crippen LogP contribution >= 0.6 is 0 Å².